The fourth-order valence-electron chi connectivity index (χ4n) is 1.42. The maximum atomic E-state index is 12.5. The first-order valence-corrected chi connectivity index (χ1v) is 4.56. The number of benzene rings is 1. The smallest absolute Gasteiger partial charge is 0.416 e. The van der Waals surface area contributed by atoms with Crippen LogP contribution in [0.15, 0.2) is 35.1 Å². The SMILES string of the molecule is Cc1ncoc1-c1cccc(C(F)(F)F)c1. The highest BCUT2D eigenvalue weighted by molar-refractivity contribution is 5.60. The molecule has 5 heteroatoms. The largest absolute Gasteiger partial charge is 0.443 e. The molecule has 0 spiro atoms. The average Bonchev–Trinajstić information content (AvgIpc) is 2.63. The van der Waals surface area contributed by atoms with Gasteiger partial charge in [0, 0.05) is 5.56 Å². The lowest BCUT2D eigenvalue weighted by molar-refractivity contribution is -0.137. The quantitative estimate of drug-likeness (QED) is 0.742. The van der Waals surface area contributed by atoms with Gasteiger partial charge in [0.15, 0.2) is 12.2 Å². The maximum absolute atomic E-state index is 12.5. The van der Waals surface area contributed by atoms with E-state index in [1.54, 1.807) is 13.0 Å². The Morgan fingerprint density at radius 1 is 1.25 bits per heavy atom. The lowest BCUT2D eigenvalue weighted by Gasteiger charge is -2.07. The molecule has 0 saturated carbocycles. The van der Waals surface area contributed by atoms with Crippen LogP contribution in [0.5, 0.6) is 0 Å². The summed E-state index contributed by atoms with van der Waals surface area (Å²) in [6, 6.07) is 4.98. The van der Waals surface area contributed by atoms with E-state index in [1.165, 1.54) is 12.5 Å². The van der Waals surface area contributed by atoms with Crippen molar-refractivity contribution in [2.24, 2.45) is 0 Å². The molecule has 0 bridgehead atoms. The first-order chi connectivity index (χ1) is 7.48. The Morgan fingerprint density at radius 3 is 2.56 bits per heavy atom. The van der Waals surface area contributed by atoms with Gasteiger partial charge in [-0.15, -0.1) is 0 Å². The molecule has 0 unspecified atom stereocenters. The highest BCUT2D eigenvalue weighted by Crippen LogP contribution is 2.32. The first kappa shape index (κ1) is 10.7. The Morgan fingerprint density at radius 2 is 2.00 bits per heavy atom. The van der Waals surface area contributed by atoms with Gasteiger partial charge in [0.1, 0.15) is 0 Å². The molecule has 2 nitrogen and oxygen atoms in total. The van der Waals surface area contributed by atoms with Crippen LogP contribution in [0.3, 0.4) is 0 Å². The van der Waals surface area contributed by atoms with E-state index in [9.17, 15) is 13.2 Å². The third kappa shape index (κ3) is 1.93. The van der Waals surface area contributed by atoms with Crippen molar-refractivity contribution in [1.82, 2.24) is 4.98 Å². The Labute approximate surface area is 89.7 Å². The van der Waals surface area contributed by atoms with Gasteiger partial charge < -0.3 is 4.42 Å². The molecule has 0 aliphatic carbocycles. The Balaban J connectivity index is 2.49. The van der Waals surface area contributed by atoms with Crippen LogP contribution in [0, 0.1) is 6.92 Å². The second-order valence-corrected chi connectivity index (χ2v) is 3.35. The molecule has 0 saturated heterocycles. The Bertz CT molecular complexity index is 502. The van der Waals surface area contributed by atoms with E-state index in [2.05, 4.69) is 4.98 Å². The van der Waals surface area contributed by atoms with Crippen LogP contribution in [0.2, 0.25) is 0 Å². The molecule has 0 aliphatic heterocycles. The van der Waals surface area contributed by atoms with E-state index in [0.29, 0.717) is 17.0 Å². The molecular weight excluding hydrogens is 219 g/mol. The summed E-state index contributed by atoms with van der Waals surface area (Å²) < 4.78 is 42.4. The summed E-state index contributed by atoms with van der Waals surface area (Å²) in [6.07, 6.45) is -3.13. The van der Waals surface area contributed by atoms with Crippen LogP contribution in [-0.2, 0) is 6.18 Å². The first-order valence-electron chi connectivity index (χ1n) is 4.56. The zero-order chi connectivity index (χ0) is 11.8. The van der Waals surface area contributed by atoms with E-state index >= 15 is 0 Å². The standard InChI is InChI=1S/C11H8F3NO/c1-7-10(16-6-15-7)8-3-2-4-9(5-8)11(12,13)14/h2-6H,1H3. The third-order valence-corrected chi connectivity index (χ3v) is 2.20. The van der Waals surface area contributed by atoms with Gasteiger partial charge in [-0.3, -0.25) is 0 Å². The van der Waals surface area contributed by atoms with Gasteiger partial charge in [0.25, 0.3) is 0 Å². The van der Waals surface area contributed by atoms with Crippen molar-refractivity contribution >= 4 is 0 Å². The van der Waals surface area contributed by atoms with Gasteiger partial charge in [-0.25, -0.2) is 4.98 Å². The number of alkyl halides is 3. The van der Waals surface area contributed by atoms with E-state index < -0.39 is 11.7 Å². The zero-order valence-electron chi connectivity index (χ0n) is 8.38. The predicted octanol–water partition coefficient (Wildman–Crippen LogP) is 3.67. The Kier molecular flexibility index (Phi) is 2.46. The van der Waals surface area contributed by atoms with Crippen LogP contribution in [-0.4, -0.2) is 4.98 Å². The summed E-state index contributed by atoms with van der Waals surface area (Å²) in [6.45, 7) is 1.68. The van der Waals surface area contributed by atoms with Gasteiger partial charge in [0.2, 0.25) is 0 Å². The maximum Gasteiger partial charge on any atom is 0.416 e. The molecule has 2 aromatic rings. The molecule has 0 atom stereocenters. The number of rotatable bonds is 1. The zero-order valence-corrected chi connectivity index (χ0v) is 8.38. The van der Waals surface area contributed by atoms with Crippen LogP contribution in [0.1, 0.15) is 11.3 Å². The lowest BCUT2D eigenvalue weighted by Crippen LogP contribution is -2.04. The average molecular weight is 227 g/mol. The summed E-state index contributed by atoms with van der Waals surface area (Å²) in [5.41, 5.74) is 0.255. The topological polar surface area (TPSA) is 26.0 Å². The van der Waals surface area contributed by atoms with Gasteiger partial charge in [-0.2, -0.15) is 13.2 Å². The second kappa shape index (κ2) is 3.66. The van der Waals surface area contributed by atoms with Crippen LogP contribution < -0.4 is 0 Å². The summed E-state index contributed by atoms with van der Waals surface area (Å²) >= 11 is 0. The predicted molar refractivity (Wildman–Crippen MR) is 51.7 cm³/mol. The molecule has 0 aliphatic rings. The van der Waals surface area contributed by atoms with E-state index in [0.717, 1.165) is 12.1 Å². The van der Waals surface area contributed by atoms with Crippen molar-refractivity contribution in [3.05, 3.63) is 41.9 Å². The Hall–Kier alpha value is -1.78. The molecule has 16 heavy (non-hydrogen) atoms. The van der Waals surface area contributed by atoms with Crippen LogP contribution >= 0.6 is 0 Å². The lowest BCUT2D eigenvalue weighted by atomic mass is 10.1. The van der Waals surface area contributed by atoms with Gasteiger partial charge in [-0.1, -0.05) is 12.1 Å². The van der Waals surface area contributed by atoms with Gasteiger partial charge in [0.05, 0.1) is 11.3 Å². The summed E-state index contributed by atoms with van der Waals surface area (Å²) in [5, 5.41) is 0. The van der Waals surface area contributed by atoms with Crippen molar-refractivity contribution < 1.29 is 17.6 Å². The second-order valence-electron chi connectivity index (χ2n) is 3.35. The summed E-state index contributed by atoms with van der Waals surface area (Å²) in [7, 11) is 0. The molecule has 1 aromatic carbocycles. The van der Waals surface area contributed by atoms with Crippen molar-refractivity contribution in [3.8, 4) is 11.3 Å². The molecule has 0 radical (unpaired) electrons. The number of aryl methyl sites for hydroxylation is 1. The third-order valence-electron chi connectivity index (χ3n) is 2.20. The molecule has 0 N–H and O–H groups in total. The molecule has 84 valence electrons. The monoisotopic (exact) mass is 227 g/mol. The van der Waals surface area contributed by atoms with Crippen molar-refractivity contribution in [2.45, 2.75) is 13.1 Å². The summed E-state index contributed by atoms with van der Waals surface area (Å²) in [4.78, 5) is 3.84. The molecule has 1 heterocycles. The number of hydrogen-bond acceptors (Lipinski definition) is 2. The van der Waals surface area contributed by atoms with Crippen molar-refractivity contribution in [1.29, 1.82) is 0 Å². The number of halogens is 3. The fraction of sp³-hybridized carbons (Fsp3) is 0.182. The summed E-state index contributed by atoms with van der Waals surface area (Å²) in [5.74, 6) is 0.367. The minimum atomic E-state index is -4.34. The number of nitrogens with zero attached hydrogens (tertiary/aromatic N) is 1. The number of aromatic nitrogens is 1. The van der Waals surface area contributed by atoms with Gasteiger partial charge in [-0.05, 0) is 19.1 Å². The van der Waals surface area contributed by atoms with E-state index in [1.807, 2.05) is 0 Å². The van der Waals surface area contributed by atoms with E-state index in [4.69, 9.17) is 4.42 Å². The highest BCUT2D eigenvalue weighted by Gasteiger charge is 2.30. The van der Waals surface area contributed by atoms with Crippen LogP contribution in [0.4, 0.5) is 13.2 Å². The minimum absolute atomic E-state index is 0.367. The van der Waals surface area contributed by atoms with Crippen molar-refractivity contribution in [3.63, 3.8) is 0 Å². The number of hydrogen-bond donors (Lipinski definition) is 0. The van der Waals surface area contributed by atoms with Crippen molar-refractivity contribution in [2.75, 3.05) is 0 Å². The normalized spacial score (nSPS) is 11.8. The van der Waals surface area contributed by atoms with E-state index in [-0.39, 0.29) is 0 Å². The molecule has 2 rings (SSSR count). The molecule has 0 fully saturated rings. The minimum Gasteiger partial charge on any atom is -0.443 e. The molecular formula is C11H8F3NO. The van der Waals surface area contributed by atoms with Gasteiger partial charge >= 0.3 is 6.18 Å². The highest BCUT2D eigenvalue weighted by atomic mass is 19.4. The fourth-order valence-corrected chi connectivity index (χ4v) is 1.42. The molecule has 1 aromatic heterocycles. The van der Waals surface area contributed by atoms with Crippen LogP contribution in [0.25, 0.3) is 11.3 Å². The molecule has 0 amide bonds. The number of oxazole rings is 1.